The second-order valence-electron chi connectivity index (χ2n) is 5.55. The van der Waals surface area contributed by atoms with Gasteiger partial charge in [0.25, 0.3) is 0 Å². The molecule has 0 atom stereocenters. The fourth-order valence-corrected chi connectivity index (χ4v) is 2.96. The van der Waals surface area contributed by atoms with E-state index in [-0.39, 0.29) is 0 Å². The molecule has 0 amide bonds. The molecule has 4 nitrogen and oxygen atoms in total. The number of alkyl halides is 1. The highest BCUT2D eigenvalue weighted by Gasteiger charge is 2.09. The molecule has 2 aromatic carbocycles. The van der Waals surface area contributed by atoms with Gasteiger partial charge in [-0.2, -0.15) is 0 Å². The summed E-state index contributed by atoms with van der Waals surface area (Å²) in [4.78, 5) is 8.79. The first kappa shape index (κ1) is 17.2. The van der Waals surface area contributed by atoms with Crippen LogP contribution in [0, 0.1) is 0 Å². The average Bonchev–Trinajstić information content (AvgIpc) is 2.68. The number of benzene rings is 2. The van der Waals surface area contributed by atoms with Crippen molar-refractivity contribution in [3.63, 3.8) is 0 Å². The Balaban J connectivity index is 1.90. The van der Waals surface area contributed by atoms with Crippen LogP contribution in [0.15, 0.2) is 54.9 Å². The van der Waals surface area contributed by atoms with Gasteiger partial charge in [0.2, 0.25) is 0 Å². The van der Waals surface area contributed by atoms with E-state index < -0.39 is 0 Å². The molecule has 25 heavy (non-hydrogen) atoms. The fraction of sp³-hybridized carbons (Fsp3) is 0.200. The number of rotatable bonds is 6. The predicted molar refractivity (Wildman–Crippen MR) is 99.4 cm³/mol. The lowest BCUT2D eigenvalue weighted by Crippen LogP contribution is -1.98. The van der Waals surface area contributed by atoms with E-state index in [1.807, 2.05) is 42.5 Å². The first-order chi connectivity index (χ1) is 12.2. The molecule has 3 aromatic rings. The Morgan fingerprint density at radius 1 is 0.920 bits per heavy atom. The van der Waals surface area contributed by atoms with Crippen molar-refractivity contribution in [3.8, 4) is 22.8 Å². The van der Waals surface area contributed by atoms with Crippen LogP contribution in [0.3, 0.4) is 0 Å². The molecule has 128 valence electrons. The predicted octanol–water partition coefficient (Wildman–Crippen LogP) is 4.49. The largest absolute Gasteiger partial charge is 0.496 e. The highest BCUT2D eigenvalue weighted by molar-refractivity contribution is 6.17. The molecule has 0 bridgehead atoms. The van der Waals surface area contributed by atoms with Crippen molar-refractivity contribution in [3.05, 3.63) is 71.7 Å². The lowest BCUT2D eigenvalue weighted by Gasteiger charge is -2.10. The van der Waals surface area contributed by atoms with E-state index in [1.165, 1.54) is 0 Å². The van der Waals surface area contributed by atoms with Crippen molar-refractivity contribution in [2.24, 2.45) is 0 Å². The molecule has 0 radical (unpaired) electrons. The summed E-state index contributed by atoms with van der Waals surface area (Å²) in [6.07, 6.45) is 2.28. The molecule has 0 saturated heterocycles. The molecule has 1 heterocycles. The standard InChI is InChI=1S/C20H19ClN2O2/c1-24-19-8-7-14(9-15(19)12-21)10-16-11-18(23-13-22-16)17-5-3-4-6-20(17)25-2/h3-9,11,13H,10,12H2,1-2H3. The third-order valence-corrected chi connectivity index (χ3v) is 4.27. The summed E-state index contributed by atoms with van der Waals surface area (Å²) in [5, 5.41) is 0. The van der Waals surface area contributed by atoms with Crippen LogP contribution < -0.4 is 9.47 Å². The lowest BCUT2D eigenvalue weighted by molar-refractivity contribution is 0.411. The zero-order valence-corrected chi connectivity index (χ0v) is 15.0. The quantitative estimate of drug-likeness (QED) is 0.612. The third kappa shape index (κ3) is 3.91. The summed E-state index contributed by atoms with van der Waals surface area (Å²) in [6.45, 7) is 0. The third-order valence-electron chi connectivity index (χ3n) is 3.98. The number of methoxy groups -OCH3 is 2. The Hall–Kier alpha value is -2.59. The number of ether oxygens (including phenoxy) is 2. The topological polar surface area (TPSA) is 44.2 Å². The molecule has 5 heteroatoms. The van der Waals surface area contributed by atoms with E-state index in [9.17, 15) is 0 Å². The number of hydrogen-bond acceptors (Lipinski definition) is 4. The van der Waals surface area contributed by atoms with Crippen LogP contribution in [0.1, 0.15) is 16.8 Å². The maximum Gasteiger partial charge on any atom is 0.128 e. The van der Waals surface area contributed by atoms with E-state index >= 15 is 0 Å². The van der Waals surface area contributed by atoms with Crippen molar-refractivity contribution >= 4 is 11.6 Å². The second kappa shape index (κ2) is 7.99. The molecule has 0 N–H and O–H groups in total. The van der Waals surface area contributed by atoms with Gasteiger partial charge in [0.1, 0.15) is 17.8 Å². The van der Waals surface area contributed by atoms with Crippen LogP contribution in [-0.4, -0.2) is 24.2 Å². The summed E-state index contributed by atoms with van der Waals surface area (Å²) in [5.41, 5.74) is 4.82. The summed E-state index contributed by atoms with van der Waals surface area (Å²) < 4.78 is 10.7. The molecule has 0 aliphatic rings. The molecule has 0 unspecified atom stereocenters. The minimum Gasteiger partial charge on any atom is -0.496 e. The number of nitrogens with zero attached hydrogens (tertiary/aromatic N) is 2. The van der Waals surface area contributed by atoms with Crippen LogP contribution in [0.2, 0.25) is 0 Å². The van der Waals surface area contributed by atoms with Gasteiger partial charge in [-0.15, -0.1) is 11.6 Å². The van der Waals surface area contributed by atoms with Crippen molar-refractivity contribution in [1.82, 2.24) is 9.97 Å². The molecule has 0 spiro atoms. The van der Waals surface area contributed by atoms with Gasteiger partial charge >= 0.3 is 0 Å². The fourth-order valence-electron chi connectivity index (χ4n) is 2.75. The monoisotopic (exact) mass is 354 g/mol. The van der Waals surface area contributed by atoms with Gasteiger partial charge in [-0.05, 0) is 29.8 Å². The molecular formula is C20H19ClN2O2. The molecule has 0 aliphatic carbocycles. The first-order valence-electron chi connectivity index (χ1n) is 7.91. The van der Waals surface area contributed by atoms with Gasteiger partial charge in [-0.25, -0.2) is 9.97 Å². The van der Waals surface area contributed by atoms with Crippen LogP contribution in [0.5, 0.6) is 11.5 Å². The Kier molecular flexibility index (Phi) is 5.51. The van der Waals surface area contributed by atoms with Crippen LogP contribution in [-0.2, 0) is 12.3 Å². The SMILES string of the molecule is COc1ccc(Cc2cc(-c3ccccc3OC)ncn2)cc1CCl. The zero-order chi connectivity index (χ0) is 17.6. The minimum absolute atomic E-state index is 0.410. The van der Waals surface area contributed by atoms with Crippen LogP contribution >= 0.6 is 11.6 Å². The molecular weight excluding hydrogens is 336 g/mol. The Bertz CT molecular complexity index is 868. The van der Waals surface area contributed by atoms with E-state index in [4.69, 9.17) is 21.1 Å². The van der Waals surface area contributed by atoms with Gasteiger partial charge < -0.3 is 9.47 Å². The van der Waals surface area contributed by atoms with Gasteiger partial charge in [-0.3, -0.25) is 0 Å². The molecule has 1 aromatic heterocycles. The normalized spacial score (nSPS) is 10.5. The van der Waals surface area contributed by atoms with Crippen molar-refractivity contribution in [1.29, 1.82) is 0 Å². The van der Waals surface area contributed by atoms with E-state index in [0.717, 1.165) is 39.6 Å². The molecule has 0 saturated carbocycles. The van der Waals surface area contributed by atoms with Gasteiger partial charge in [-0.1, -0.05) is 24.3 Å². The maximum absolute atomic E-state index is 6.00. The smallest absolute Gasteiger partial charge is 0.128 e. The number of halogens is 1. The number of para-hydroxylation sites is 1. The van der Waals surface area contributed by atoms with Gasteiger partial charge in [0.05, 0.1) is 25.8 Å². The van der Waals surface area contributed by atoms with Crippen molar-refractivity contribution < 1.29 is 9.47 Å². The average molecular weight is 355 g/mol. The molecule has 0 aliphatic heterocycles. The van der Waals surface area contributed by atoms with E-state index in [2.05, 4.69) is 16.0 Å². The number of aromatic nitrogens is 2. The van der Waals surface area contributed by atoms with Crippen LogP contribution in [0.4, 0.5) is 0 Å². The highest BCUT2D eigenvalue weighted by Crippen LogP contribution is 2.28. The van der Waals surface area contributed by atoms with E-state index in [0.29, 0.717) is 12.3 Å². The summed E-state index contributed by atoms with van der Waals surface area (Å²) >= 11 is 6.00. The molecule has 0 fully saturated rings. The Morgan fingerprint density at radius 3 is 2.48 bits per heavy atom. The first-order valence-corrected chi connectivity index (χ1v) is 8.44. The second-order valence-corrected chi connectivity index (χ2v) is 5.82. The van der Waals surface area contributed by atoms with Gasteiger partial charge in [0, 0.05) is 23.2 Å². The van der Waals surface area contributed by atoms with Crippen molar-refractivity contribution in [2.75, 3.05) is 14.2 Å². The summed E-state index contributed by atoms with van der Waals surface area (Å²) in [6, 6.07) is 15.8. The zero-order valence-electron chi connectivity index (χ0n) is 14.2. The Labute approximate surface area is 152 Å². The van der Waals surface area contributed by atoms with Crippen molar-refractivity contribution in [2.45, 2.75) is 12.3 Å². The maximum atomic E-state index is 6.00. The molecule has 3 rings (SSSR count). The van der Waals surface area contributed by atoms with Crippen LogP contribution in [0.25, 0.3) is 11.3 Å². The van der Waals surface area contributed by atoms with Gasteiger partial charge in [0.15, 0.2) is 0 Å². The number of hydrogen-bond donors (Lipinski definition) is 0. The van der Waals surface area contributed by atoms with E-state index in [1.54, 1.807) is 20.5 Å². The summed E-state index contributed by atoms with van der Waals surface area (Å²) in [5.74, 6) is 2.00. The lowest BCUT2D eigenvalue weighted by atomic mass is 10.0. The Morgan fingerprint density at radius 2 is 1.72 bits per heavy atom. The highest BCUT2D eigenvalue weighted by atomic mass is 35.5. The minimum atomic E-state index is 0.410. The summed E-state index contributed by atoms with van der Waals surface area (Å²) in [7, 11) is 3.31.